The SMILES string of the molecule is Cc1ccc(N(Cc2ccc3c(-c4ccccc4)c4ccccc4c(-c4ccccc4)c3c2)c2ccc(C)cc2)cc1. The predicted octanol–water partition coefficient (Wildman–Crippen LogP) is 11.3. The largest absolute Gasteiger partial charge is 0.337 e. The summed E-state index contributed by atoms with van der Waals surface area (Å²) in [5, 5.41) is 5.12. The molecular weight excluding hydrogens is 506 g/mol. The van der Waals surface area contributed by atoms with Crippen molar-refractivity contribution in [2.75, 3.05) is 4.90 Å². The minimum Gasteiger partial charge on any atom is -0.337 e. The van der Waals surface area contributed by atoms with Crippen LogP contribution in [0.25, 0.3) is 43.8 Å². The third kappa shape index (κ3) is 4.84. The Kier molecular flexibility index (Phi) is 6.78. The molecule has 202 valence electrons. The van der Waals surface area contributed by atoms with Gasteiger partial charge >= 0.3 is 0 Å². The van der Waals surface area contributed by atoms with Gasteiger partial charge in [0.15, 0.2) is 0 Å². The van der Waals surface area contributed by atoms with Crippen molar-refractivity contribution in [3.8, 4) is 22.3 Å². The molecule has 0 aliphatic rings. The number of aryl methyl sites for hydroxylation is 2. The molecule has 7 aromatic carbocycles. The first-order valence-corrected chi connectivity index (χ1v) is 14.6. The van der Waals surface area contributed by atoms with E-state index in [1.807, 2.05) is 0 Å². The monoisotopic (exact) mass is 539 g/mol. The van der Waals surface area contributed by atoms with Crippen LogP contribution in [-0.2, 0) is 6.54 Å². The zero-order valence-electron chi connectivity index (χ0n) is 24.1. The number of fused-ring (bicyclic) bond motifs is 2. The Morgan fingerprint density at radius 2 is 0.833 bits per heavy atom. The van der Waals surface area contributed by atoms with E-state index in [1.165, 1.54) is 71.9 Å². The van der Waals surface area contributed by atoms with Crippen LogP contribution in [0.15, 0.2) is 152 Å². The summed E-state index contributed by atoms with van der Waals surface area (Å²) < 4.78 is 0. The van der Waals surface area contributed by atoms with Crippen molar-refractivity contribution >= 4 is 32.9 Å². The second-order valence-electron chi connectivity index (χ2n) is 11.2. The maximum atomic E-state index is 2.42. The van der Waals surface area contributed by atoms with Crippen molar-refractivity contribution < 1.29 is 0 Å². The third-order valence-corrected chi connectivity index (χ3v) is 8.25. The van der Waals surface area contributed by atoms with Gasteiger partial charge in [-0.05, 0) is 93.5 Å². The van der Waals surface area contributed by atoms with Gasteiger partial charge < -0.3 is 4.90 Å². The van der Waals surface area contributed by atoms with Crippen LogP contribution in [0.1, 0.15) is 16.7 Å². The third-order valence-electron chi connectivity index (χ3n) is 8.25. The number of hydrogen-bond acceptors (Lipinski definition) is 1. The Morgan fingerprint density at radius 1 is 0.405 bits per heavy atom. The molecule has 0 saturated heterocycles. The highest BCUT2D eigenvalue weighted by atomic mass is 15.1. The smallest absolute Gasteiger partial charge is 0.0481 e. The predicted molar refractivity (Wildman–Crippen MR) is 181 cm³/mol. The van der Waals surface area contributed by atoms with E-state index in [4.69, 9.17) is 0 Å². The number of benzene rings is 7. The second-order valence-corrected chi connectivity index (χ2v) is 11.2. The minimum absolute atomic E-state index is 0.768. The van der Waals surface area contributed by atoms with E-state index in [2.05, 4.69) is 170 Å². The van der Waals surface area contributed by atoms with Crippen molar-refractivity contribution in [3.05, 3.63) is 168 Å². The van der Waals surface area contributed by atoms with Gasteiger partial charge in [0.05, 0.1) is 0 Å². The molecule has 0 amide bonds. The summed E-state index contributed by atoms with van der Waals surface area (Å²) in [6, 6.07) is 55.3. The summed E-state index contributed by atoms with van der Waals surface area (Å²) in [6.45, 7) is 5.05. The summed E-state index contributed by atoms with van der Waals surface area (Å²) in [5.74, 6) is 0. The molecule has 0 spiro atoms. The summed E-state index contributed by atoms with van der Waals surface area (Å²) in [5.41, 5.74) is 11.3. The number of hydrogen-bond donors (Lipinski definition) is 0. The highest BCUT2D eigenvalue weighted by Gasteiger charge is 2.18. The van der Waals surface area contributed by atoms with E-state index in [0.29, 0.717) is 0 Å². The molecule has 0 aliphatic carbocycles. The lowest BCUT2D eigenvalue weighted by Gasteiger charge is -2.26. The molecule has 1 heteroatoms. The minimum atomic E-state index is 0.768. The van der Waals surface area contributed by atoms with E-state index >= 15 is 0 Å². The van der Waals surface area contributed by atoms with E-state index < -0.39 is 0 Å². The molecule has 7 rings (SSSR count). The first-order valence-electron chi connectivity index (χ1n) is 14.6. The lowest BCUT2D eigenvalue weighted by Crippen LogP contribution is -2.16. The summed E-state index contributed by atoms with van der Waals surface area (Å²) in [4.78, 5) is 2.42. The van der Waals surface area contributed by atoms with Crippen LogP contribution >= 0.6 is 0 Å². The molecule has 0 heterocycles. The maximum Gasteiger partial charge on any atom is 0.0481 e. The quantitative estimate of drug-likeness (QED) is 0.190. The molecule has 0 atom stereocenters. The van der Waals surface area contributed by atoms with Crippen LogP contribution < -0.4 is 4.90 Å². The topological polar surface area (TPSA) is 3.24 Å². The lowest BCUT2D eigenvalue weighted by atomic mass is 9.85. The van der Waals surface area contributed by atoms with E-state index in [1.54, 1.807) is 0 Å². The Morgan fingerprint density at radius 3 is 1.33 bits per heavy atom. The van der Waals surface area contributed by atoms with Gasteiger partial charge in [0.1, 0.15) is 0 Å². The number of rotatable bonds is 6. The molecule has 0 fully saturated rings. The fourth-order valence-corrected chi connectivity index (χ4v) is 6.12. The molecule has 0 aliphatic heterocycles. The first kappa shape index (κ1) is 25.8. The van der Waals surface area contributed by atoms with Crippen molar-refractivity contribution in [2.24, 2.45) is 0 Å². The van der Waals surface area contributed by atoms with E-state index in [0.717, 1.165) is 6.54 Å². The molecule has 0 bridgehead atoms. The molecule has 0 N–H and O–H groups in total. The molecule has 0 aromatic heterocycles. The average molecular weight is 540 g/mol. The number of nitrogens with zero attached hydrogens (tertiary/aromatic N) is 1. The fourth-order valence-electron chi connectivity index (χ4n) is 6.12. The average Bonchev–Trinajstić information content (AvgIpc) is 3.04. The highest BCUT2D eigenvalue weighted by Crippen LogP contribution is 2.44. The van der Waals surface area contributed by atoms with Gasteiger partial charge in [-0.2, -0.15) is 0 Å². The van der Waals surface area contributed by atoms with Crippen LogP contribution in [0.4, 0.5) is 11.4 Å². The molecular formula is C41H33N. The van der Waals surface area contributed by atoms with Gasteiger partial charge in [-0.25, -0.2) is 0 Å². The normalized spacial score (nSPS) is 11.2. The molecule has 42 heavy (non-hydrogen) atoms. The van der Waals surface area contributed by atoms with Crippen LogP contribution in [0, 0.1) is 13.8 Å². The van der Waals surface area contributed by atoms with Crippen molar-refractivity contribution in [1.29, 1.82) is 0 Å². The molecule has 0 radical (unpaired) electrons. The van der Waals surface area contributed by atoms with Crippen LogP contribution in [-0.4, -0.2) is 0 Å². The Bertz CT molecular complexity index is 1940. The highest BCUT2D eigenvalue weighted by molar-refractivity contribution is 6.21. The summed E-state index contributed by atoms with van der Waals surface area (Å²) in [7, 11) is 0. The van der Waals surface area contributed by atoms with E-state index in [-0.39, 0.29) is 0 Å². The van der Waals surface area contributed by atoms with Gasteiger partial charge in [-0.1, -0.05) is 132 Å². The van der Waals surface area contributed by atoms with E-state index in [9.17, 15) is 0 Å². The van der Waals surface area contributed by atoms with Crippen LogP contribution in [0.2, 0.25) is 0 Å². The molecule has 1 nitrogen and oxygen atoms in total. The second kappa shape index (κ2) is 11.0. The van der Waals surface area contributed by atoms with Gasteiger partial charge in [0, 0.05) is 17.9 Å². The van der Waals surface area contributed by atoms with Gasteiger partial charge in [-0.3, -0.25) is 0 Å². The van der Waals surface area contributed by atoms with Crippen molar-refractivity contribution in [2.45, 2.75) is 20.4 Å². The molecule has 0 saturated carbocycles. The zero-order valence-corrected chi connectivity index (χ0v) is 24.1. The number of anilines is 2. The standard InChI is InChI=1S/C41H33N/c1-29-17-22-34(23-18-29)42(35-24-19-30(2)20-25-35)28-31-21-26-38-39(27-31)41(33-13-7-4-8-14-33)37-16-10-9-15-36(37)40(38)32-11-5-3-6-12-32/h3-27H,28H2,1-2H3. The maximum absolute atomic E-state index is 2.42. The summed E-state index contributed by atoms with van der Waals surface area (Å²) in [6.07, 6.45) is 0. The van der Waals surface area contributed by atoms with Gasteiger partial charge in [-0.15, -0.1) is 0 Å². The van der Waals surface area contributed by atoms with Gasteiger partial charge in [0.2, 0.25) is 0 Å². The first-order chi connectivity index (χ1) is 20.7. The van der Waals surface area contributed by atoms with Crippen molar-refractivity contribution in [3.63, 3.8) is 0 Å². The lowest BCUT2D eigenvalue weighted by molar-refractivity contribution is 0.976. The Labute approximate surface area is 248 Å². The molecule has 0 unspecified atom stereocenters. The zero-order chi connectivity index (χ0) is 28.5. The molecule has 7 aromatic rings. The van der Waals surface area contributed by atoms with Crippen LogP contribution in [0.3, 0.4) is 0 Å². The fraction of sp³-hybridized carbons (Fsp3) is 0.0732. The summed E-state index contributed by atoms with van der Waals surface area (Å²) >= 11 is 0. The Balaban J connectivity index is 1.47. The van der Waals surface area contributed by atoms with Crippen LogP contribution in [0.5, 0.6) is 0 Å². The van der Waals surface area contributed by atoms with Crippen molar-refractivity contribution in [1.82, 2.24) is 0 Å². The van der Waals surface area contributed by atoms with Gasteiger partial charge in [0.25, 0.3) is 0 Å². The Hall–Kier alpha value is -5.14.